The fourth-order valence-corrected chi connectivity index (χ4v) is 3.16. The summed E-state index contributed by atoms with van der Waals surface area (Å²) in [6.45, 7) is 9.92. The predicted octanol–water partition coefficient (Wildman–Crippen LogP) is 6.85. The van der Waals surface area contributed by atoms with E-state index in [1.54, 1.807) is 0 Å². The highest BCUT2D eigenvalue weighted by molar-refractivity contribution is 5.70. The molecule has 0 aromatic rings. The zero-order chi connectivity index (χ0) is 21.0. The molecular formula is C24H46O4. The Hall–Kier alpha value is -1.06. The van der Waals surface area contributed by atoms with Crippen molar-refractivity contribution < 1.29 is 19.1 Å². The summed E-state index contributed by atoms with van der Waals surface area (Å²) in [6.07, 6.45) is 13.9. The molecule has 0 saturated carbocycles. The Morgan fingerprint density at radius 3 is 1.93 bits per heavy atom. The zero-order valence-electron chi connectivity index (χ0n) is 19.1. The molecular weight excluding hydrogens is 352 g/mol. The summed E-state index contributed by atoms with van der Waals surface area (Å²) in [6, 6.07) is 0. The minimum absolute atomic E-state index is 0.138. The van der Waals surface area contributed by atoms with Crippen molar-refractivity contribution in [3.05, 3.63) is 0 Å². The Kier molecular flexibility index (Phi) is 18.5. The molecule has 1 atom stereocenters. The van der Waals surface area contributed by atoms with Crippen LogP contribution in [-0.2, 0) is 19.1 Å². The Balaban J connectivity index is 3.49. The molecule has 0 N–H and O–H groups in total. The molecule has 0 saturated heterocycles. The molecule has 0 fully saturated rings. The molecule has 0 aliphatic heterocycles. The minimum Gasteiger partial charge on any atom is -0.466 e. The van der Waals surface area contributed by atoms with Gasteiger partial charge in [0.2, 0.25) is 0 Å². The second-order valence-electron chi connectivity index (χ2n) is 8.48. The van der Waals surface area contributed by atoms with Gasteiger partial charge in [0, 0.05) is 12.8 Å². The second kappa shape index (κ2) is 19.3. The van der Waals surface area contributed by atoms with E-state index in [1.807, 2.05) is 0 Å². The lowest BCUT2D eigenvalue weighted by Gasteiger charge is -2.14. The fourth-order valence-electron chi connectivity index (χ4n) is 3.16. The molecule has 0 aromatic carbocycles. The van der Waals surface area contributed by atoms with Gasteiger partial charge < -0.3 is 9.47 Å². The van der Waals surface area contributed by atoms with Gasteiger partial charge in [-0.25, -0.2) is 0 Å². The molecule has 0 amide bonds. The molecule has 0 rings (SSSR count). The van der Waals surface area contributed by atoms with Crippen molar-refractivity contribution in [2.75, 3.05) is 13.2 Å². The van der Waals surface area contributed by atoms with E-state index in [-0.39, 0.29) is 11.9 Å². The molecule has 0 radical (unpaired) electrons. The number of unbranched alkanes of at least 4 members (excludes halogenated alkanes) is 6. The largest absolute Gasteiger partial charge is 0.466 e. The van der Waals surface area contributed by atoms with E-state index in [1.165, 1.54) is 38.5 Å². The van der Waals surface area contributed by atoms with Crippen molar-refractivity contribution in [3.8, 4) is 0 Å². The summed E-state index contributed by atoms with van der Waals surface area (Å²) in [5.41, 5.74) is 0. The van der Waals surface area contributed by atoms with E-state index in [4.69, 9.17) is 9.47 Å². The molecule has 0 heterocycles. The van der Waals surface area contributed by atoms with Crippen molar-refractivity contribution in [1.82, 2.24) is 0 Å². The Bertz CT molecular complexity index is 379. The summed E-state index contributed by atoms with van der Waals surface area (Å²) in [4.78, 5) is 23.5. The van der Waals surface area contributed by atoms with Gasteiger partial charge in [-0.05, 0) is 37.5 Å². The summed E-state index contributed by atoms with van der Waals surface area (Å²) in [5, 5.41) is 0. The fraction of sp³-hybridized carbons (Fsp3) is 0.917. The Morgan fingerprint density at radius 1 is 0.714 bits per heavy atom. The lowest BCUT2D eigenvalue weighted by Crippen LogP contribution is -2.14. The van der Waals surface area contributed by atoms with E-state index >= 15 is 0 Å². The van der Waals surface area contributed by atoms with Crippen LogP contribution in [0.3, 0.4) is 0 Å². The average Bonchev–Trinajstić information content (AvgIpc) is 2.67. The SMILES string of the molecule is CCCCC(CC)COC(=O)CCCCC(=O)OCCCCCCCC(C)C. The van der Waals surface area contributed by atoms with Gasteiger partial charge in [0.05, 0.1) is 13.2 Å². The van der Waals surface area contributed by atoms with Crippen molar-refractivity contribution in [3.63, 3.8) is 0 Å². The van der Waals surface area contributed by atoms with Crippen molar-refractivity contribution in [2.24, 2.45) is 11.8 Å². The molecule has 166 valence electrons. The number of ether oxygens (including phenoxy) is 2. The van der Waals surface area contributed by atoms with Gasteiger partial charge in [0.15, 0.2) is 0 Å². The monoisotopic (exact) mass is 398 g/mol. The quantitative estimate of drug-likeness (QED) is 0.176. The first kappa shape index (κ1) is 26.9. The van der Waals surface area contributed by atoms with Gasteiger partial charge in [-0.3, -0.25) is 9.59 Å². The average molecular weight is 399 g/mol. The van der Waals surface area contributed by atoms with Crippen LogP contribution in [-0.4, -0.2) is 25.2 Å². The number of rotatable bonds is 19. The van der Waals surface area contributed by atoms with E-state index in [0.717, 1.165) is 31.6 Å². The van der Waals surface area contributed by atoms with Gasteiger partial charge in [-0.1, -0.05) is 79.1 Å². The molecule has 0 bridgehead atoms. The third-order valence-electron chi connectivity index (χ3n) is 5.22. The first-order valence-electron chi connectivity index (χ1n) is 11.8. The topological polar surface area (TPSA) is 52.6 Å². The van der Waals surface area contributed by atoms with Crippen molar-refractivity contribution in [1.29, 1.82) is 0 Å². The number of hydrogen-bond donors (Lipinski definition) is 0. The van der Waals surface area contributed by atoms with Gasteiger partial charge in [-0.15, -0.1) is 0 Å². The summed E-state index contributed by atoms with van der Waals surface area (Å²) in [5.74, 6) is 0.996. The maximum Gasteiger partial charge on any atom is 0.305 e. The maximum atomic E-state index is 11.8. The molecule has 1 unspecified atom stereocenters. The van der Waals surface area contributed by atoms with E-state index in [2.05, 4.69) is 27.7 Å². The van der Waals surface area contributed by atoms with Crippen LogP contribution >= 0.6 is 0 Å². The number of carbonyl (C=O) groups excluding carboxylic acids is 2. The van der Waals surface area contributed by atoms with Crippen molar-refractivity contribution in [2.45, 2.75) is 118 Å². The van der Waals surface area contributed by atoms with Crippen LogP contribution in [0.1, 0.15) is 118 Å². The highest BCUT2D eigenvalue weighted by Crippen LogP contribution is 2.14. The predicted molar refractivity (Wildman–Crippen MR) is 116 cm³/mol. The standard InChI is InChI=1S/C24H46O4/c1-5-7-16-22(6-2)20-28-24(26)18-13-12-17-23(25)27-19-14-10-8-9-11-15-21(3)4/h21-22H,5-20H2,1-4H3. The molecule has 0 aliphatic carbocycles. The second-order valence-corrected chi connectivity index (χ2v) is 8.48. The minimum atomic E-state index is -0.140. The highest BCUT2D eigenvalue weighted by Gasteiger charge is 2.10. The first-order valence-corrected chi connectivity index (χ1v) is 11.8. The molecule has 0 aliphatic rings. The van der Waals surface area contributed by atoms with E-state index in [9.17, 15) is 9.59 Å². The van der Waals surface area contributed by atoms with Crippen LogP contribution in [0.15, 0.2) is 0 Å². The van der Waals surface area contributed by atoms with Crippen LogP contribution in [0.2, 0.25) is 0 Å². The van der Waals surface area contributed by atoms with Crippen LogP contribution in [0, 0.1) is 11.8 Å². The van der Waals surface area contributed by atoms with Gasteiger partial charge in [0.1, 0.15) is 0 Å². The van der Waals surface area contributed by atoms with Crippen LogP contribution in [0.4, 0.5) is 0 Å². The maximum absolute atomic E-state index is 11.8. The van der Waals surface area contributed by atoms with Gasteiger partial charge in [0.25, 0.3) is 0 Å². The number of hydrogen-bond acceptors (Lipinski definition) is 4. The molecule has 4 nitrogen and oxygen atoms in total. The lowest BCUT2D eigenvalue weighted by molar-refractivity contribution is -0.146. The summed E-state index contributed by atoms with van der Waals surface area (Å²) < 4.78 is 10.6. The molecule has 28 heavy (non-hydrogen) atoms. The third-order valence-corrected chi connectivity index (χ3v) is 5.22. The smallest absolute Gasteiger partial charge is 0.305 e. The van der Waals surface area contributed by atoms with Crippen LogP contribution in [0.25, 0.3) is 0 Å². The van der Waals surface area contributed by atoms with Crippen LogP contribution in [0.5, 0.6) is 0 Å². The number of carbonyl (C=O) groups is 2. The molecule has 0 aromatic heterocycles. The number of esters is 2. The highest BCUT2D eigenvalue weighted by atomic mass is 16.5. The molecule has 0 spiro atoms. The van der Waals surface area contributed by atoms with Gasteiger partial charge >= 0.3 is 11.9 Å². The normalized spacial score (nSPS) is 12.2. The van der Waals surface area contributed by atoms with Gasteiger partial charge in [-0.2, -0.15) is 0 Å². The van der Waals surface area contributed by atoms with Crippen molar-refractivity contribution >= 4 is 11.9 Å². The van der Waals surface area contributed by atoms with E-state index < -0.39 is 0 Å². The lowest BCUT2D eigenvalue weighted by atomic mass is 10.0. The van der Waals surface area contributed by atoms with Crippen LogP contribution < -0.4 is 0 Å². The first-order chi connectivity index (χ1) is 13.5. The Labute approximate surface area is 174 Å². The molecule has 4 heteroatoms. The van der Waals surface area contributed by atoms with E-state index in [0.29, 0.717) is 44.8 Å². The summed E-state index contributed by atoms with van der Waals surface area (Å²) in [7, 11) is 0. The zero-order valence-corrected chi connectivity index (χ0v) is 19.1. The Morgan fingerprint density at radius 2 is 1.32 bits per heavy atom. The summed E-state index contributed by atoms with van der Waals surface area (Å²) >= 11 is 0. The third kappa shape index (κ3) is 18.3.